The Labute approximate surface area is 239 Å². The molecule has 1 N–H and O–H groups in total. The second-order valence-electron chi connectivity index (χ2n) is 8.74. The second-order valence-corrected chi connectivity index (χ2v) is 11.8. The van der Waals surface area contributed by atoms with E-state index < -0.39 is 0 Å². The van der Waals surface area contributed by atoms with Gasteiger partial charge in [-0.2, -0.15) is 0 Å². The van der Waals surface area contributed by atoms with Crippen molar-refractivity contribution in [1.82, 2.24) is 20.4 Å². The number of hydrogen-bond donors (Lipinski definition) is 1. The van der Waals surface area contributed by atoms with Crippen molar-refractivity contribution in [3.05, 3.63) is 84.7 Å². The van der Waals surface area contributed by atoms with Crippen LogP contribution in [-0.2, 0) is 41.7 Å². The summed E-state index contributed by atoms with van der Waals surface area (Å²) in [5, 5.41) is 24.0. The number of Topliss-reactive ketones (excluding diaryl/α,β-unsaturated/α-hetero) is 1. The standard InChI is InChI=1S/C27H27Cl2N5O2S2/c28-21-9-3-1-7-18(21)13-15-20(35)17-26-33-31-24(37-26)11-5-6-12-25-32-34-27(38-25)30-23(36)16-14-19-8-2-4-10-22(19)29/h1-4,7-10H,5-6,11-17H2,(H,30,34,36). The van der Waals surface area contributed by atoms with E-state index in [2.05, 4.69) is 25.7 Å². The Balaban J connectivity index is 1.12. The highest BCUT2D eigenvalue weighted by atomic mass is 35.5. The number of halogens is 2. The van der Waals surface area contributed by atoms with Crippen molar-refractivity contribution in [2.75, 3.05) is 5.32 Å². The number of aryl methyl sites for hydroxylation is 4. The summed E-state index contributed by atoms with van der Waals surface area (Å²) in [5.41, 5.74) is 1.93. The maximum Gasteiger partial charge on any atom is 0.226 e. The number of rotatable bonds is 14. The highest BCUT2D eigenvalue weighted by molar-refractivity contribution is 7.15. The van der Waals surface area contributed by atoms with E-state index >= 15 is 0 Å². The summed E-state index contributed by atoms with van der Waals surface area (Å²) in [7, 11) is 0. The number of anilines is 1. The molecule has 4 rings (SSSR count). The van der Waals surface area contributed by atoms with E-state index in [4.69, 9.17) is 23.2 Å². The van der Waals surface area contributed by atoms with E-state index in [1.54, 1.807) is 0 Å². The number of unbranched alkanes of at least 4 members (excludes halogenated alkanes) is 1. The quantitative estimate of drug-likeness (QED) is 0.167. The first-order chi connectivity index (χ1) is 18.5. The van der Waals surface area contributed by atoms with Crippen molar-refractivity contribution in [1.29, 1.82) is 0 Å². The van der Waals surface area contributed by atoms with Gasteiger partial charge in [0.2, 0.25) is 11.0 Å². The van der Waals surface area contributed by atoms with Crippen LogP contribution in [0.3, 0.4) is 0 Å². The van der Waals surface area contributed by atoms with Gasteiger partial charge in [-0.15, -0.1) is 31.7 Å². The lowest BCUT2D eigenvalue weighted by Gasteiger charge is -2.03. The van der Waals surface area contributed by atoms with Gasteiger partial charge in [0.15, 0.2) is 0 Å². The molecule has 198 valence electrons. The number of hydrogen-bond acceptors (Lipinski definition) is 8. The molecular formula is C27H27Cl2N5O2S2. The van der Waals surface area contributed by atoms with Crippen molar-refractivity contribution < 1.29 is 9.59 Å². The number of benzene rings is 2. The molecule has 1 amide bonds. The Bertz CT molecular complexity index is 1270. The minimum atomic E-state index is -0.109. The summed E-state index contributed by atoms with van der Waals surface area (Å²) in [6, 6.07) is 15.1. The van der Waals surface area contributed by atoms with E-state index in [-0.39, 0.29) is 11.7 Å². The lowest BCUT2D eigenvalue weighted by atomic mass is 10.1. The zero-order chi connectivity index (χ0) is 26.7. The fraction of sp³-hybridized carbons (Fsp3) is 0.333. The van der Waals surface area contributed by atoms with Crippen molar-refractivity contribution >= 4 is 62.7 Å². The van der Waals surface area contributed by atoms with Gasteiger partial charge < -0.3 is 5.32 Å². The van der Waals surface area contributed by atoms with Crippen LogP contribution in [-0.4, -0.2) is 32.1 Å². The molecule has 2 aromatic carbocycles. The molecule has 0 fully saturated rings. The fourth-order valence-electron chi connectivity index (χ4n) is 3.78. The van der Waals surface area contributed by atoms with Crippen LogP contribution >= 0.6 is 45.9 Å². The van der Waals surface area contributed by atoms with Gasteiger partial charge in [-0.1, -0.05) is 70.9 Å². The third-order valence-corrected chi connectivity index (χ3v) is 8.43. The average molecular weight is 589 g/mol. The maximum absolute atomic E-state index is 12.4. The van der Waals surface area contributed by atoms with Gasteiger partial charge in [-0.3, -0.25) is 9.59 Å². The van der Waals surface area contributed by atoms with E-state index in [0.29, 0.717) is 47.3 Å². The molecule has 0 aliphatic rings. The number of amides is 1. The number of nitrogens with zero attached hydrogens (tertiary/aromatic N) is 4. The molecule has 2 aromatic heterocycles. The molecule has 0 saturated carbocycles. The van der Waals surface area contributed by atoms with E-state index in [1.807, 2.05) is 48.5 Å². The Kier molecular flexibility index (Phi) is 10.7. The van der Waals surface area contributed by atoms with E-state index in [9.17, 15) is 9.59 Å². The highest BCUT2D eigenvalue weighted by Gasteiger charge is 2.12. The number of carbonyl (C=O) groups excluding carboxylic acids is 2. The summed E-state index contributed by atoms with van der Waals surface area (Å²) in [5.74, 6) is 0.0256. The summed E-state index contributed by atoms with van der Waals surface area (Å²) >= 11 is 15.2. The minimum absolute atomic E-state index is 0.109. The first kappa shape index (κ1) is 28.3. The van der Waals surface area contributed by atoms with Gasteiger partial charge in [-0.25, -0.2) is 0 Å². The molecule has 0 unspecified atom stereocenters. The largest absolute Gasteiger partial charge is 0.301 e. The second kappa shape index (κ2) is 14.4. The molecule has 4 aromatic rings. The first-order valence-corrected chi connectivity index (χ1v) is 14.8. The minimum Gasteiger partial charge on any atom is -0.301 e. The van der Waals surface area contributed by atoms with Gasteiger partial charge in [0, 0.05) is 35.7 Å². The zero-order valence-corrected chi connectivity index (χ0v) is 23.8. The SMILES string of the molecule is O=C(CCc1ccccc1Cl)Cc1nnc(CCCCc2nnc(NC(=O)CCc3ccccc3Cl)s2)s1. The smallest absolute Gasteiger partial charge is 0.226 e. The normalized spacial score (nSPS) is 11.0. The molecule has 0 aliphatic heterocycles. The van der Waals surface area contributed by atoms with Crippen LogP contribution in [0.5, 0.6) is 0 Å². The molecule has 38 heavy (non-hydrogen) atoms. The molecule has 2 heterocycles. The number of carbonyl (C=O) groups is 2. The lowest BCUT2D eigenvalue weighted by molar-refractivity contribution is -0.118. The van der Waals surface area contributed by atoms with Crippen LogP contribution in [0.4, 0.5) is 5.13 Å². The number of aromatic nitrogens is 4. The van der Waals surface area contributed by atoms with Crippen LogP contribution in [0.25, 0.3) is 0 Å². The molecule has 0 bridgehead atoms. The Morgan fingerprint density at radius 1 is 0.684 bits per heavy atom. The molecule has 11 heteroatoms. The summed E-state index contributed by atoms with van der Waals surface area (Å²) in [6.07, 6.45) is 5.69. The predicted molar refractivity (Wildman–Crippen MR) is 153 cm³/mol. The molecule has 7 nitrogen and oxygen atoms in total. The van der Waals surface area contributed by atoms with Crippen LogP contribution in [0.1, 0.15) is 51.8 Å². The van der Waals surface area contributed by atoms with Gasteiger partial charge in [0.1, 0.15) is 20.8 Å². The van der Waals surface area contributed by atoms with Gasteiger partial charge in [0.25, 0.3) is 0 Å². The third-order valence-electron chi connectivity index (χ3n) is 5.81. The van der Waals surface area contributed by atoms with Gasteiger partial charge >= 0.3 is 0 Å². The molecule has 0 aliphatic carbocycles. The van der Waals surface area contributed by atoms with Crippen molar-refractivity contribution in [3.63, 3.8) is 0 Å². The first-order valence-electron chi connectivity index (χ1n) is 12.4. The highest BCUT2D eigenvalue weighted by Crippen LogP contribution is 2.21. The maximum atomic E-state index is 12.4. The van der Waals surface area contributed by atoms with E-state index in [1.165, 1.54) is 22.7 Å². The molecule has 0 spiro atoms. The van der Waals surface area contributed by atoms with E-state index in [0.717, 1.165) is 51.8 Å². The topological polar surface area (TPSA) is 97.7 Å². The third kappa shape index (κ3) is 8.94. The summed E-state index contributed by atoms with van der Waals surface area (Å²) < 4.78 is 0. The molecular weight excluding hydrogens is 561 g/mol. The van der Waals surface area contributed by atoms with Crippen molar-refractivity contribution in [2.24, 2.45) is 0 Å². The van der Waals surface area contributed by atoms with Crippen molar-refractivity contribution in [3.8, 4) is 0 Å². The molecule has 0 saturated heterocycles. The molecule has 0 atom stereocenters. The van der Waals surface area contributed by atoms with Gasteiger partial charge in [0.05, 0.1) is 6.42 Å². The zero-order valence-electron chi connectivity index (χ0n) is 20.7. The van der Waals surface area contributed by atoms with Crippen LogP contribution < -0.4 is 5.32 Å². The Hall–Kier alpha value is -2.72. The molecule has 0 radical (unpaired) electrons. The predicted octanol–water partition coefficient (Wildman–Crippen LogP) is 6.58. The number of ketones is 1. The van der Waals surface area contributed by atoms with Crippen LogP contribution in [0.15, 0.2) is 48.5 Å². The Morgan fingerprint density at radius 2 is 1.24 bits per heavy atom. The van der Waals surface area contributed by atoms with Crippen LogP contribution in [0, 0.1) is 0 Å². The van der Waals surface area contributed by atoms with Crippen LogP contribution in [0.2, 0.25) is 10.0 Å². The fourth-order valence-corrected chi connectivity index (χ4v) is 5.95. The lowest BCUT2D eigenvalue weighted by Crippen LogP contribution is -2.12. The van der Waals surface area contributed by atoms with Gasteiger partial charge in [-0.05, 0) is 48.9 Å². The monoisotopic (exact) mass is 587 g/mol. The summed E-state index contributed by atoms with van der Waals surface area (Å²) in [6.45, 7) is 0. The summed E-state index contributed by atoms with van der Waals surface area (Å²) in [4.78, 5) is 24.6. The van der Waals surface area contributed by atoms with Crippen molar-refractivity contribution in [2.45, 2.75) is 57.8 Å². The Morgan fingerprint density at radius 3 is 1.89 bits per heavy atom. The number of nitrogens with one attached hydrogen (secondary N) is 1. The average Bonchev–Trinajstić information content (AvgIpc) is 3.55.